The number of nitrogens with zero attached hydrogens (tertiary/aromatic N) is 2. The topological polar surface area (TPSA) is 68.3 Å². The highest BCUT2D eigenvalue weighted by molar-refractivity contribution is 5.81. The summed E-state index contributed by atoms with van der Waals surface area (Å²) in [4.78, 5) is 28.3. The quantitative estimate of drug-likeness (QED) is 0.616. The molecule has 0 saturated carbocycles. The van der Waals surface area contributed by atoms with E-state index in [1.807, 2.05) is 48.5 Å². The Morgan fingerprint density at radius 2 is 1.44 bits per heavy atom. The molecule has 172 valence electrons. The van der Waals surface area contributed by atoms with E-state index in [1.54, 1.807) is 12.0 Å². The Bertz CT molecular complexity index is 895. The van der Waals surface area contributed by atoms with E-state index in [2.05, 4.69) is 25.7 Å². The van der Waals surface area contributed by atoms with Crippen molar-refractivity contribution in [2.24, 2.45) is 0 Å². The Morgan fingerprint density at radius 3 is 2.00 bits per heavy atom. The number of piperazine rings is 1. The van der Waals surface area contributed by atoms with Gasteiger partial charge in [0.1, 0.15) is 11.5 Å². The number of carbonyl (C=O) groups excluding carboxylic acids is 2. The Labute approximate surface area is 189 Å². The highest BCUT2D eigenvalue weighted by Gasteiger charge is 2.22. The Morgan fingerprint density at radius 1 is 0.844 bits per heavy atom. The molecule has 2 aromatic rings. The lowest BCUT2D eigenvalue weighted by Crippen LogP contribution is -2.50. The smallest absolute Gasteiger partial charge is 0.344 e. The molecule has 0 N–H and O–H groups in total. The molecule has 32 heavy (non-hydrogen) atoms. The van der Waals surface area contributed by atoms with Gasteiger partial charge < -0.3 is 24.0 Å². The summed E-state index contributed by atoms with van der Waals surface area (Å²) in [5.74, 6) is 0.656. The van der Waals surface area contributed by atoms with E-state index < -0.39 is 5.97 Å². The molecule has 0 aromatic heterocycles. The molecule has 0 unspecified atom stereocenters. The first kappa shape index (κ1) is 23.4. The molecular weight excluding hydrogens is 408 g/mol. The number of amides is 1. The molecule has 7 heteroatoms. The summed E-state index contributed by atoms with van der Waals surface area (Å²) in [5, 5.41) is 0. The van der Waals surface area contributed by atoms with Crippen LogP contribution in [0, 0.1) is 0 Å². The highest BCUT2D eigenvalue weighted by Crippen LogP contribution is 2.24. The van der Waals surface area contributed by atoms with E-state index in [4.69, 9.17) is 14.2 Å². The normalized spacial score (nSPS) is 14.1. The average molecular weight is 441 g/mol. The molecule has 1 saturated heterocycles. The molecule has 1 fully saturated rings. The van der Waals surface area contributed by atoms with Gasteiger partial charge in [-0.05, 0) is 47.4 Å². The second-order valence-electron chi connectivity index (χ2n) is 8.79. The van der Waals surface area contributed by atoms with Crippen molar-refractivity contribution in [2.45, 2.75) is 26.2 Å². The zero-order valence-corrected chi connectivity index (χ0v) is 19.3. The van der Waals surface area contributed by atoms with Gasteiger partial charge in [0, 0.05) is 31.9 Å². The van der Waals surface area contributed by atoms with E-state index in [9.17, 15) is 9.59 Å². The van der Waals surface area contributed by atoms with Crippen molar-refractivity contribution in [3.63, 3.8) is 0 Å². The Balaban J connectivity index is 1.37. The van der Waals surface area contributed by atoms with E-state index in [1.165, 1.54) is 5.56 Å². The molecule has 1 aliphatic heterocycles. The first-order valence-electron chi connectivity index (χ1n) is 10.8. The third-order valence-corrected chi connectivity index (χ3v) is 5.50. The first-order valence-corrected chi connectivity index (χ1v) is 10.8. The predicted molar refractivity (Wildman–Crippen MR) is 123 cm³/mol. The molecule has 1 heterocycles. The summed E-state index contributed by atoms with van der Waals surface area (Å²) in [6.45, 7) is 8.51. The number of carbonyl (C=O) groups is 2. The van der Waals surface area contributed by atoms with Gasteiger partial charge in [-0.1, -0.05) is 32.9 Å². The molecule has 0 radical (unpaired) electrons. The van der Waals surface area contributed by atoms with Crippen molar-refractivity contribution in [3.05, 3.63) is 54.1 Å². The molecule has 3 rings (SSSR count). The molecule has 7 nitrogen and oxygen atoms in total. The van der Waals surface area contributed by atoms with Gasteiger partial charge in [0.15, 0.2) is 13.2 Å². The van der Waals surface area contributed by atoms with Crippen LogP contribution >= 0.6 is 0 Å². The van der Waals surface area contributed by atoms with Crippen molar-refractivity contribution in [1.29, 1.82) is 0 Å². The van der Waals surface area contributed by atoms with Crippen molar-refractivity contribution >= 4 is 17.6 Å². The van der Waals surface area contributed by atoms with Crippen molar-refractivity contribution in [1.82, 2.24) is 4.90 Å². The minimum absolute atomic E-state index is 0.0535. The van der Waals surface area contributed by atoms with E-state index in [-0.39, 0.29) is 24.5 Å². The zero-order valence-electron chi connectivity index (χ0n) is 19.3. The largest absolute Gasteiger partial charge is 0.497 e. The highest BCUT2D eigenvalue weighted by atomic mass is 16.6. The summed E-state index contributed by atoms with van der Waals surface area (Å²) in [6, 6.07) is 15.5. The molecular formula is C25H32N2O5. The molecule has 0 aliphatic carbocycles. The van der Waals surface area contributed by atoms with Crippen LogP contribution in [0.1, 0.15) is 26.3 Å². The van der Waals surface area contributed by atoms with Crippen LogP contribution < -0.4 is 14.4 Å². The lowest BCUT2D eigenvalue weighted by atomic mass is 9.87. The van der Waals surface area contributed by atoms with Crippen molar-refractivity contribution in [3.8, 4) is 11.5 Å². The third-order valence-electron chi connectivity index (χ3n) is 5.50. The second kappa shape index (κ2) is 10.4. The number of anilines is 1. The van der Waals surface area contributed by atoms with Gasteiger partial charge in [0.25, 0.3) is 5.91 Å². The molecule has 0 atom stereocenters. The second-order valence-corrected chi connectivity index (χ2v) is 8.79. The fraction of sp³-hybridized carbons (Fsp3) is 0.440. The van der Waals surface area contributed by atoms with Gasteiger partial charge in [-0.2, -0.15) is 0 Å². The van der Waals surface area contributed by atoms with Gasteiger partial charge in [-0.25, -0.2) is 4.79 Å². The van der Waals surface area contributed by atoms with Crippen LogP contribution in [0.15, 0.2) is 48.5 Å². The number of hydrogen-bond acceptors (Lipinski definition) is 6. The van der Waals surface area contributed by atoms with Gasteiger partial charge in [0.05, 0.1) is 7.11 Å². The summed E-state index contributed by atoms with van der Waals surface area (Å²) >= 11 is 0. The zero-order chi connectivity index (χ0) is 23.1. The third kappa shape index (κ3) is 6.39. The van der Waals surface area contributed by atoms with Crippen molar-refractivity contribution < 1.29 is 23.8 Å². The lowest BCUT2D eigenvalue weighted by molar-refractivity contribution is -0.153. The maximum absolute atomic E-state index is 12.4. The first-order chi connectivity index (χ1) is 15.3. The summed E-state index contributed by atoms with van der Waals surface area (Å²) in [5.41, 5.74) is 2.33. The van der Waals surface area contributed by atoms with E-state index in [0.29, 0.717) is 18.8 Å². The monoisotopic (exact) mass is 440 g/mol. The van der Waals surface area contributed by atoms with Crippen molar-refractivity contribution in [2.75, 3.05) is 51.4 Å². The van der Waals surface area contributed by atoms with Gasteiger partial charge in [-0.3, -0.25) is 4.79 Å². The Kier molecular flexibility index (Phi) is 7.62. The predicted octanol–water partition coefficient (Wildman–Crippen LogP) is 3.26. The molecule has 2 aromatic carbocycles. The van der Waals surface area contributed by atoms with Crippen LogP contribution in [0.25, 0.3) is 0 Å². The number of rotatable bonds is 7. The van der Waals surface area contributed by atoms with E-state index in [0.717, 1.165) is 24.5 Å². The van der Waals surface area contributed by atoms with Crippen LogP contribution in [0.5, 0.6) is 11.5 Å². The van der Waals surface area contributed by atoms with Crippen LogP contribution in [0.2, 0.25) is 0 Å². The van der Waals surface area contributed by atoms with Gasteiger partial charge in [0.2, 0.25) is 0 Å². The standard InChI is InChI=1S/C25H32N2O5/c1-25(2,3)19-5-9-22(10-6-19)31-18-24(29)32-17-23(28)27-15-13-26(14-16-27)20-7-11-21(30-4)12-8-20/h5-12H,13-18H2,1-4H3. The molecule has 0 spiro atoms. The molecule has 1 amide bonds. The molecule has 1 aliphatic rings. The van der Waals surface area contributed by atoms with E-state index >= 15 is 0 Å². The summed E-state index contributed by atoms with van der Waals surface area (Å²) < 4.78 is 15.8. The number of methoxy groups -OCH3 is 1. The number of benzene rings is 2. The van der Waals surface area contributed by atoms with Crippen LogP contribution in [-0.2, 0) is 19.7 Å². The number of ether oxygens (including phenoxy) is 3. The fourth-order valence-electron chi connectivity index (χ4n) is 3.48. The number of hydrogen-bond donors (Lipinski definition) is 0. The Hall–Kier alpha value is -3.22. The number of esters is 1. The SMILES string of the molecule is COc1ccc(N2CCN(C(=O)COC(=O)COc3ccc(C(C)(C)C)cc3)CC2)cc1. The van der Waals surface area contributed by atoms with Crippen LogP contribution in [-0.4, -0.2) is 63.3 Å². The maximum Gasteiger partial charge on any atom is 0.344 e. The average Bonchev–Trinajstić information content (AvgIpc) is 2.81. The fourth-order valence-corrected chi connectivity index (χ4v) is 3.48. The molecule has 0 bridgehead atoms. The van der Waals surface area contributed by atoms with Crippen LogP contribution in [0.4, 0.5) is 5.69 Å². The van der Waals surface area contributed by atoms with Gasteiger partial charge in [-0.15, -0.1) is 0 Å². The summed E-state index contributed by atoms with van der Waals surface area (Å²) in [7, 11) is 1.64. The minimum atomic E-state index is -0.560. The lowest BCUT2D eigenvalue weighted by Gasteiger charge is -2.36. The maximum atomic E-state index is 12.4. The van der Waals surface area contributed by atoms with Crippen LogP contribution in [0.3, 0.4) is 0 Å². The van der Waals surface area contributed by atoms with Gasteiger partial charge >= 0.3 is 5.97 Å². The minimum Gasteiger partial charge on any atom is -0.497 e. The summed E-state index contributed by atoms with van der Waals surface area (Å²) in [6.07, 6.45) is 0.